The van der Waals surface area contributed by atoms with Crippen molar-refractivity contribution in [2.24, 2.45) is 22.6 Å². The van der Waals surface area contributed by atoms with E-state index in [4.69, 9.17) is 5.73 Å². The zero-order valence-corrected chi connectivity index (χ0v) is 14.5. The number of hydrogen-bond acceptors (Lipinski definition) is 3. The number of rotatable bonds is 7. The highest BCUT2D eigenvalue weighted by molar-refractivity contribution is 5.77. The molecule has 5 nitrogen and oxygen atoms in total. The number of nitrogens with zero attached hydrogens (tertiary/aromatic N) is 3. The third kappa shape index (κ3) is 6.99. The topological polar surface area (TPSA) is 66.5 Å². The van der Waals surface area contributed by atoms with E-state index in [2.05, 4.69) is 34.0 Å². The molecular weight excluding hydrogens is 286 g/mol. The van der Waals surface area contributed by atoms with Crippen LogP contribution in [0, 0.1) is 11.8 Å². The van der Waals surface area contributed by atoms with Gasteiger partial charge in [-0.15, -0.1) is 0 Å². The Labute approximate surface area is 140 Å². The molecular formula is C18H31N5. The minimum atomic E-state index is 0.543. The van der Waals surface area contributed by atoms with E-state index in [1.165, 1.54) is 19.5 Å². The van der Waals surface area contributed by atoms with Crippen LogP contribution in [0.3, 0.4) is 0 Å². The van der Waals surface area contributed by atoms with Crippen LogP contribution in [0.4, 0.5) is 0 Å². The number of pyridine rings is 1. The fourth-order valence-electron chi connectivity index (χ4n) is 3.39. The van der Waals surface area contributed by atoms with E-state index in [-0.39, 0.29) is 0 Å². The van der Waals surface area contributed by atoms with E-state index in [9.17, 15) is 0 Å². The molecule has 0 aliphatic carbocycles. The van der Waals surface area contributed by atoms with E-state index < -0.39 is 0 Å². The summed E-state index contributed by atoms with van der Waals surface area (Å²) < 4.78 is 0. The van der Waals surface area contributed by atoms with Gasteiger partial charge in [-0.2, -0.15) is 0 Å². The van der Waals surface area contributed by atoms with Crippen LogP contribution in [0.15, 0.2) is 29.4 Å². The first kappa shape index (κ1) is 17.7. The van der Waals surface area contributed by atoms with Gasteiger partial charge in [-0.1, -0.05) is 19.9 Å². The summed E-state index contributed by atoms with van der Waals surface area (Å²) in [7, 11) is 0. The Hall–Kier alpha value is -1.62. The van der Waals surface area contributed by atoms with Crippen molar-refractivity contribution in [3.8, 4) is 0 Å². The van der Waals surface area contributed by atoms with Gasteiger partial charge in [-0.05, 0) is 43.4 Å². The van der Waals surface area contributed by atoms with Crippen LogP contribution >= 0.6 is 0 Å². The Morgan fingerprint density at radius 2 is 2.13 bits per heavy atom. The minimum Gasteiger partial charge on any atom is -0.370 e. The molecule has 2 heterocycles. The molecule has 0 saturated carbocycles. The Balaban J connectivity index is 1.57. The minimum absolute atomic E-state index is 0.543. The Morgan fingerprint density at radius 3 is 2.83 bits per heavy atom. The van der Waals surface area contributed by atoms with Gasteiger partial charge in [0.15, 0.2) is 5.96 Å². The molecule has 2 rings (SSSR count). The van der Waals surface area contributed by atoms with Crippen molar-refractivity contribution in [2.45, 2.75) is 33.1 Å². The second-order valence-corrected chi connectivity index (χ2v) is 6.82. The van der Waals surface area contributed by atoms with Crippen molar-refractivity contribution >= 4 is 5.96 Å². The summed E-state index contributed by atoms with van der Waals surface area (Å²) in [5.41, 5.74) is 6.98. The van der Waals surface area contributed by atoms with Crippen LogP contribution in [0.2, 0.25) is 0 Å². The lowest BCUT2D eigenvalue weighted by atomic mass is 9.92. The zero-order chi connectivity index (χ0) is 16.5. The van der Waals surface area contributed by atoms with Gasteiger partial charge in [0.2, 0.25) is 0 Å². The molecule has 0 amide bonds. The summed E-state index contributed by atoms with van der Waals surface area (Å²) in [4.78, 5) is 11.3. The first-order chi connectivity index (χ1) is 11.1. The highest BCUT2D eigenvalue weighted by Gasteiger charge is 2.20. The summed E-state index contributed by atoms with van der Waals surface area (Å²) in [6.07, 6.45) is 5.11. The molecule has 1 aliphatic heterocycles. The van der Waals surface area contributed by atoms with E-state index in [1.807, 2.05) is 24.4 Å². The SMILES string of the molecule is CC1CC(C)CN(CCCN=C(N)NCCc2ccccn2)C1. The highest BCUT2D eigenvalue weighted by Crippen LogP contribution is 2.20. The highest BCUT2D eigenvalue weighted by atomic mass is 15.1. The van der Waals surface area contributed by atoms with Crippen molar-refractivity contribution < 1.29 is 0 Å². The fraction of sp³-hybridized carbons (Fsp3) is 0.667. The van der Waals surface area contributed by atoms with E-state index >= 15 is 0 Å². The van der Waals surface area contributed by atoms with Crippen LogP contribution in [-0.4, -0.2) is 48.6 Å². The molecule has 5 heteroatoms. The van der Waals surface area contributed by atoms with E-state index in [0.717, 1.165) is 50.0 Å². The van der Waals surface area contributed by atoms with E-state index in [0.29, 0.717) is 5.96 Å². The smallest absolute Gasteiger partial charge is 0.188 e. The van der Waals surface area contributed by atoms with Gasteiger partial charge in [-0.25, -0.2) is 0 Å². The number of guanidine groups is 1. The predicted molar refractivity (Wildman–Crippen MR) is 96.4 cm³/mol. The molecule has 0 aromatic carbocycles. The van der Waals surface area contributed by atoms with Gasteiger partial charge in [0.25, 0.3) is 0 Å². The molecule has 1 aliphatic rings. The number of nitrogens with one attached hydrogen (secondary N) is 1. The maximum atomic E-state index is 5.91. The molecule has 0 radical (unpaired) electrons. The standard InChI is InChI=1S/C18H31N5/c1-15-12-16(2)14-23(13-15)11-5-9-21-18(19)22-10-7-17-6-3-4-8-20-17/h3-4,6,8,15-16H,5,7,9-14H2,1-2H3,(H3,19,21,22). The number of aromatic nitrogens is 1. The zero-order valence-electron chi connectivity index (χ0n) is 14.5. The fourth-order valence-corrected chi connectivity index (χ4v) is 3.39. The molecule has 0 bridgehead atoms. The monoisotopic (exact) mass is 317 g/mol. The van der Waals surface area contributed by atoms with Gasteiger partial charge >= 0.3 is 0 Å². The molecule has 1 aromatic heterocycles. The molecule has 0 spiro atoms. The van der Waals surface area contributed by atoms with Crippen molar-refractivity contribution in [3.63, 3.8) is 0 Å². The molecule has 2 atom stereocenters. The summed E-state index contributed by atoms with van der Waals surface area (Å²) in [6.45, 7) is 9.85. The second kappa shape index (κ2) is 9.50. The average molecular weight is 317 g/mol. The first-order valence-electron chi connectivity index (χ1n) is 8.79. The number of likely N-dealkylation sites (tertiary alicyclic amines) is 1. The van der Waals surface area contributed by atoms with Crippen LogP contribution in [0.25, 0.3) is 0 Å². The molecule has 1 fully saturated rings. The first-order valence-corrected chi connectivity index (χ1v) is 8.79. The number of hydrogen-bond donors (Lipinski definition) is 2. The summed E-state index contributed by atoms with van der Waals surface area (Å²) in [5, 5.41) is 3.16. The quantitative estimate of drug-likeness (QED) is 0.458. The van der Waals surface area contributed by atoms with Crippen LogP contribution in [0.1, 0.15) is 32.4 Å². The van der Waals surface area contributed by atoms with Crippen molar-refractivity contribution in [1.29, 1.82) is 0 Å². The largest absolute Gasteiger partial charge is 0.370 e. The van der Waals surface area contributed by atoms with Crippen molar-refractivity contribution in [1.82, 2.24) is 15.2 Å². The normalized spacial score (nSPS) is 23.0. The molecule has 1 aromatic rings. The third-order valence-corrected chi connectivity index (χ3v) is 4.27. The maximum absolute atomic E-state index is 5.91. The predicted octanol–water partition coefficient (Wildman–Crippen LogP) is 1.90. The summed E-state index contributed by atoms with van der Waals surface area (Å²) >= 11 is 0. The van der Waals surface area contributed by atoms with Gasteiger partial charge < -0.3 is 16.0 Å². The van der Waals surface area contributed by atoms with E-state index in [1.54, 1.807) is 0 Å². The van der Waals surface area contributed by atoms with Gasteiger partial charge in [0.1, 0.15) is 0 Å². The molecule has 2 unspecified atom stereocenters. The van der Waals surface area contributed by atoms with Gasteiger partial charge in [-0.3, -0.25) is 9.98 Å². The maximum Gasteiger partial charge on any atom is 0.188 e. The number of piperidine rings is 1. The van der Waals surface area contributed by atoms with Crippen LogP contribution < -0.4 is 11.1 Å². The average Bonchev–Trinajstić information content (AvgIpc) is 2.52. The number of aliphatic imine (C=N–C) groups is 1. The van der Waals surface area contributed by atoms with Gasteiger partial charge in [0, 0.05) is 44.5 Å². The van der Waals surface area contributed by atoms with Crippen molar-refractivity contribution in [3.05, 3.63) is 30.1 Å². The second-order valence-electron chi connectivity index (χ2n) is 6.82. The Kier molecular flexibility index (Phi) is 7.33. The van der Waals surface area contributed by atoms with Crippen LogP contribution in [0.5, 0.6) is 0 Å². The molecule has 23 heavy (non-hydrogen) atoms. The molecule has 128 valence electrons. The summed E-state index contributed by atoms with van der Waals surface area (Å²) in [6, 6.07) is 5.95. The third-order valence-electron chi connectivity index (χ3n) is 4.27. The lowest BCUT2D eigenvalue weighted by molar-refractivity contribution is 0.140. The molecule has 1 saturated heterocycles. The number of nitrogens with two attached hydrogens (primary N) is 1. The lowest BCUT2D eigenvalue weighted by Gasteiger charge is -2.34. The Morgan fingerprint density at radius 1 is 1.35 bits per heavy atom. The summed E-state index contributed by atoms with van der Waals surface area (Å²) in [5.74, 6) is 2.18. The Bertz CT molecular complexity index is 464. The lowest BCUT2D eigenvalue weighted by Crippen LogP contribution is -2.39. The van der Waals surface area contributed by atoms with Gasteiger partial charge in [0.05, 0.1) is 0 Å². The van der Waals surface area contributed by atoms with Crippen LogP contribution in [-0.2, 0) is 6.42 Å². The molecule has 3 N–H and O–H groups in total. The van der Waals surface area contributed by atoms with Crippen molar-refractivity contribution in [2.75, 3.05) is 32.7 Å².